The molecule has 0 amide bonds. The summed E-state index contributed by atoms with van der Waals surface area (Å²) in [5.41, 5.74) is 1.81. The Labute approximate surface area is 130 Å². The number of benzene rings is 2. The van der Waals surface area contributed by atoms with Gasteiger partial charge in [0.05, 0.1) is 6.21 Å². The van der Waals surface area contributed by atoms with E-state index in [4.69, 9.17) is 28.0 Å². The van der Waals surface area contributed by atoms with Crippen LogP contribution in [-0.4, -0.2) is 6.21 Å². The Balaban J connectivity index is 1.91. The van der Waals surface area contributed by atoms with Gasteiger partial charge < -0.3 is 4.84 Å². The molecule has 0 radical (unpaired) electrons. The van der Waals surface area contributed by atoms with Crippen LogP contribution in [-0.2, 0) is 11.4 Å². The zero-order valence-corrected chi connectivity index (χ0v) is 12.9. The fraction of sp³-hybridized carbons (Fsp3) is 0.0714. The highest BCUT2D eigenvalue weighted by molar-refractivity contribution is 9.10. The topological polar surface area (TPSA) is 21.6 Å². The van der Waals surface area contributed by atoms with Gasteiger partial charge in [0.15, 0.2) is 0 Å². The minimum absolute atomic E-state index is 0.309. The van der Waals surface area contributed by atoms with Crippen molar-refractivity contribution in [1.82, 2.24) is 0 Å². The molecule has 0 spiro atoms. The lowest BCUT2D eigenvalue weighted by Crippen LogP contribution is -1.89. The van der Waals surface area contributed by atoms with Crippen LogP contribution >= 0.6 is 39.1 Å². The highest BCUT2D eigenvalue weighted by atomic mass is 79.9. The van der Waals surface area contributed by atoms with Crippen LogP contribution in [0.4, 0.5) is 0 Å². The first-order chi connectivity index (χ1) is 9.15. The predicted molar refractivity (Wildman–Crippen MR) is 83.0 cm³/mol. The van der Waals surface area contributed by atoms with E-state index in [9.17, 15) is 0 Å². The maximum atomic E-state index is 6.02. The van der Waals surface area contributed by atoms with Gasteiger partial charge in [-0.3, -0.25) is 0 Å². The van der Waals surface area contributed by atoms with Crippen molar-refractivity contribution in [3.63, 3.8) is 0 Å². The van der Waals surface area contributed by atoms with Crippen LogP contribution in [0.15, 0.2) is 52.1 Å². The number of halogens is 3. The SMILES string of the molecule is Clc1ccc(CO/N=C/c2ccc(Br)cc2)c(Cl)c1. The summed E-state index contributed by atoms with van der Waals surface area (Å²) in [4.78, 5) is 5.20. The summed E-state index contributed by atoms with van der Waals surface area (Å²) < 4.78 is 1.03. The Kier molecular flexibility index (Phi) is 5.25. The number of nitrogens with zero attached hydrogens (tertiary/aromatic N) is 1. The van der Waals surface area contributed by atoms with Crippen molar-refractivity contribution in [2.24, 2.45) is 5.16 Å². The molecule has 0 saturated carbocycles. The summed E-state index contributed by atoms with van der Waals surface area (Å²) in [6.07, 6.45) is 1.65. The quantitative estimate of drug-likeness (QED) is 0.536. The summed E-state index contributed by atoms with van der Waals surface area (Å²) in [6, 6.07) is 13.0. The molecule has 0 bridgehead atoms. The molecular formula is C14H10BrCl2NO. The summed E-state index contributed by atoms with van der Waals surface area (Å²) in [5, 5.41) is 5.08. The second-order valence-electron chi connectivity index (χ2n) is 3.80. The second kappa shape index (κ2) is 6.94. The molecule has 2 aromatic rings. The fourth-order valence-electron chi connectivity index (χ4n) is 1.39. The number of hydrogen-bond donors (Lipinski definition) is 0. The molecule has 98 valence electrons. The number of rotatable bonds is 4. The number of hydrogen-bond acceptors (Lipinski definition) is 2. The van der Waals surface area contributed by atoms with Crippen LogP contribution in [0.3, 0.4) is 0 Å². The normalized spacial score (nSPS) is 10.9. The molecule has 0 unspecified atom stereocenters. The second-order valence-corrected chi connectivity index (χ2v) is 5.55. The molecule has 0 aliphatic rings. The van der Waals surface area contributed by atoms with E-state index in [0.29, 0.717) is 16.7 Å². The van der Waals surface area contributed by atoms with Crippen LogP contribution in [0.1, 0.15) is 11.1 Å². The molecule has 0 fully saturated rings. The van der Waals surface area contributed by atoms with E-state index in [1.165, 1.54) is 0 Å². The molecule has 0 aromatic heterocycles. The highest BCUT2D eigenvalue weighted by Crippen LogP contribution is 2.21. The molecule has 0 heterocycles. The van der Waals surface area contributed by atoms with Gasteiger partial charge in [0.25, 0.3) is 0 Å². The largest absolute Gasteiger partial charge is 0.391 e. The van der Waals surface area contributed by atoms with E-state index in [-0.39, 0.29) is 0 Å². The van der Waals surface area contributed by atoms with Gasteiger partial charge in [-0.05, 0) is 29.8 Å². The zero-order chi connectivity index (χ0) is 13.7. The average molecular weight is 359 g/mol. The van der Waals surface area contributed by atoms with E-state index in [1.54, 1.807) is 18.3 Å². The van der Waals surface area contributed by atoms with Crippen molar-refractivity contribution in [2.75, 3.05) is 0 Å². The third kappa shape index (κ3) is 4.53. The van der Waals surface area contributed by atoms with Crippen LogP contribution in [0.2, 0.25) is 10.0 Å². The molecule has 5 heteroatoms. The minimum atomic E-state index is 0.309. The predicted octanol–water partition coefficient (Wildman–Crippen LogP) is 5.31. The van der Waals surface area contributed by atoms with Crippen LogP contribution in [0.25, 0.3) is 0 Å². The van der Waals surface area contributed by atoms with Crippen molar-refractivity contribution >= 4 is 45.3 Å². The third-order valence-corrected chi connectivity index (χ3v) is 3.50. The van der Waals surface area contributed by atoms with E-state index >= 15 is 0 Å². The molecule has 2 nitrogen and oxygen atoms in total. The maximum absolute atomic E-state index is 6.02. The van der Waals surface area contributed by atoms with E-state index in [0.717, 1.165) is 15.6 Å². The van der Waals surface area contributed by atoms with E-state index < -0.39 is 0 Å². The molecule has 2 rings (SSSR count). The summed E-state index contributed by atoms with van der Waals surface area (Å²) >= 11 is 15.2. The van der Waals surface area contributed by atoms with Crippen LogP contribution in [0.5, 0.6) is 0 Å². The Morgan fingerprint density at radius 3 is 2.53 bits per heavy atom. The molecule has 0 atom stereocenters. The zero-order valence-electron chi connectivity index (χ0n) is 9.82. The van der Waals surface area contributed by atoms with Gasteiger partial charge in [0.1, 0.15) is 6.61 Å². The molecule has 19 heavy (non-hydrogen) atoms. The van der Waals surface area contributed by atoms with Crippen LogP contribution < -0.4 is 0 Å². The van der Waals surface area contributed by atoms with Gasteiger partial charge in [-0.2, -0.15) is 0 Å². The maximum Gasteiger partial charge on any atom is 0.143 e. The van der Waals surface area contributed by atoms with Crippen molar-refractivity contribution in [1.29, 1.82) is 0 Å². The summed E-state index contributed by atoms with van der Waals surface area (Å²) in [5.74, 6) is 0. The van der Waals surface area contributed by atoms with Gasteiger partial charge in [0, 0.05) is 20.1 Å². The van der Waals surface area contributed by atoms with Crippen LogP contribution in [0, 0.1) is 0 Å². The van der Waals surface area contributed by atoms with Crippen molar-refractivity contribution in [3.05, 3.63) is 68.1 Å². The third-order valence-electron chi connectivity index (χ3n) is 2.38. The Hall–Kier alpha value is -1.03. The summed E-state index contributed by atoms with van der Waals surface area (Å²) in [7, 11) is 0. The summed E-state index contributed by atoms with van der Waals surface area (Å²) in [6.45, 7) is 0.309. The lowest BCUT2D eigenvalue weighted by atomic mass is 10.2. The first-order valence-corrected chi connectivity index (χ1v) is 7.05. The van der Waals surface area contributed by atoms with E-state index in [1.807, 2.05) is 30.3 Å². The van der Waals surface area contributed by atoms with Gasteiger partial charge in [-0.1, -0.05) is 62.5 Å². The van der Waals surface area contributed by atoms with E-state index in [2.05, 4.69) is 21.1 Å². The Morgan fingerprint density at radius 1 is 1.11 bits per heavy atom. The highest BCUT2D eigenvalue weighted by Gasteiger charge is 2.01. The molecule has 0 N–H and O–H groups in total. The lowest BCUT2D eigenvalue weighted by molar-refractivity contribution is 0.132. The van der Waals surface area contributed by atoms with Gasteiger partial charge in [-0.15, -0.1) is 0 Å². The van der Waals surface area contributed by atoms with Crippen molar-refractivity contribution < 1.29 is 4.84 Å². The van der Waals surface area contributed by atoms with Gasteiger partial charge in [-0.25, -0.2) is 0 Å². The molecule has 2 aromatic carbocycles. The smallest absolute Gasteiger partial charge is 0.143 e. The monoisotopic (exact) mass is 357 g/mol. The number of oxime groups is 1. The minimum Gasteiger partial charge on any atom is -0.391 e. The van der Waals surface area contributed by atoms with Crippen molar-refractivity contribution in [2.45, 2.75) is 6.61 Å². The average Bonchev–Trinajstić information content (AvgIpc) is 2.39. The standard InChI is InChI=1S/C14H10BrCl2NO/c15-12-4-1-10(2-5-12)8-18-19-9-11-3-6-13(16)7-14(11)17/h1-8H,9H2/b18-8+. The van der Waals surface area contributed by atoms with Gasteiger partial charge in [0.2, 0.25) is 0 Å². The lowest BCUT2D eigenvalue weighted by Gasteiger charge is -2.03. The fourth-order valence-corrected chi connectivity index (χ4v) is 2.12. The van der Waals surface area contributed by atoms with Crippen molar-refractivity contribution in [3.8, 4) is 0 Å². The molecule has 0 aliphatic carbocycles. The first kappa shape index (κ1) is 14.4. The first-order valence-electron chi connectivity index (χ1n) is 5.50. The molecule has 0 saturated heterocycles. The van der Waals surface area contributed by atoms with Gasteiger partial charge >= 0.3 is 0 Å². The molecular weight excluding hydrogens is 349 g/mol. The Bertz CT molecular complexity index is 584. The Morgan fingerprint density at radius 2 is 1.84 bits per heavy atom. The molecule has 0 aliphatic heterocycles.